The summed E-state index contributed by atoms with van der Waals surface area (Å²) in [7, 11) is 0. The third-order valence-corrected chi connectivity index (χ3v) is 5.94. The molecule has 0 fully saturated rings. The second-order valence-corrected chi connectivity index (χ2v) is 7.86. The highest BCUT2D eigenvalue weighted by Gasteiger charge is 2.31. The Hall–Kier alpha value is -2.98. The first-order valence-corrected chi connectivity index (χ1v) is 9.94. The first-order chi connectivity index (χ1) is 13.3. The van der Waals surface area contributed by atoms with Crippen LogP contribution in [0.15, 0.2) is 84.0 Å². The van der Waals surface area contributed by atoms with E-state index in [2.05, 4.69) is 84.7 Å². The third kappa shape index (κ3) is 3.02. The van der Waals surface area contributed by atoms with Gasteiger partial charge in [-0.1, -0.05) is 78.1 Å². The molecule has 5 rings (SSSR count). The van der Waals surface area contributed by atoms with E-state index >= 15 is 0 Å². The molecule has 2 heterocycles. The van der Waals surface area contributed by atoms with Gasteiger partial charge in [-0.3, -0.25) is 0 Å². The predicted octanol–water partition coefficient (Wildman–Crippen LogP) is 5.96. The maximum atomic E-state index is 5.00. The first kappa shape index (κ1) is 16.2. The highest BCUT2D eigenvalue weighted by molar-refractivity contribution is 7.22. The lowest BCUT2D eigenvalue weighted by Gasteiger charge is -2.21. The summed E-state index contributed by atoms with van der Waals surface area (Å²) in [6, 6.07) is 27.6. The lowest BCUT2D eigenvalue weighted by Crippen LogP contribution is -2.18. The molecule has 4 aromatic rings. The summed E-state index contributed by atoms with van der Waals surface area (Å²) in [5.74, 6) is 0. The molecule has 27 heavy (non-hydrogen) atoms. The number of fused-ring (bicyclic) bond motifs is 1. The standard InChI is InChI=1S/C23H19N3S/c1-16-12-13-19-22(14-16)27-23(24-19)26-21(18-10-6-3-7-11-18)15-20(25-26)17-8-4-2-5-9-17/h2-14,21H,15H2,1H3. The Kier molecular flexibility index (Phi) is 3.98. The highest BCUT2D eigenvalue weighted by atomic mass is 32.1. The summed E-state index contributed by atoms with van der Waals surface area (Å²) in [4.78, 5) is 4.88. The van der Waals surface area contributed by atoms with Gasteiger partial charge in [0.1, 0.15) is 0 Å². The van der Waals surface area contributed by atoms with E-state index < -0.39 is 0 Å². The van der Waals surface area contributed by atoms with Gasteiger partial charge in [0.05, 0.1) is 22.0 Å². The Morgan fingerprint density at radius 2 is 1.67 bits per heavy atom. The van der Waals surface area contributed by atoms with Crippen LogP contribution in [0.25, 0.3) is 10.2 Å². The SMILES string of the molecule is Cc1ccc2nc(N3N=C(c4ccccc4)CC3c3ccccc3)sc2c1. The van der Waals surface area contributed by atoms with Gasteiger partial charge in [-0.15, -0.1) is 0 Å². The quantitative estimate of drug-likeness (QED) is 0.446. The van der Waals surface area contributed by atoms with Crippen molar-refractivity contribution in [1.29, 1.82) is 0 Å². The van der Waals surface area contributed by atoms with Gasteiger partial charge in [0, 0.05) is 6.42 Å². The van der Waals surface area contributed by atoms with Crippen LogP contribution in [0.4, 0.5) is 5.13 Å². The molecule has 4 heteroatoms. The van der Waals surface area contributed by atoms with Crippen LogP contribution in [0.5, 0.6) is 0 Å². The fourth-order valence-corrected chi connectivity index (χ4v) is 4.61. The van der Waals surface area contributed by atoms with Crippen molar-refractivity contribution in [2.75, 3.05) is 5.01 Å². The summed E-state index contributed by atoms with van der Waals surface area (Å²) in [6.07, 6.45) is 0.878. The van der Waals surface area contributed by atoms with E-state index in [-0.39, 0.29) is 6.04 Å². The average Bonchev–Trinajstić information content (AvgIpc) is 3.33. The van der Waals surface area contributed by atoms with E-state index in [1.54, 1.807) is 11.3 Å². The van der Waals surface area contributed by atoms with Crippen molar-refractivity contribution in [3.8, 4) is 0 Å². The highest BCUT2D eigenvalue weighted by Crippen LogP contribution is 2.40. The minimum Gasteiger partial charge on any atom is -0.231 e. The number of aryl methyl sites for hydroxylation is 1. The summed E-state index contributed by atoms with van der Waals surface area (Å²) < 4.78 is 1.21. The van der Waals surface area contributed by atoms with Crippen LogP contribution in [-0.4, -0.2) is 10.7 Å². The van der Waals surface area contributed by atoms with E-state index in [9.17, 15) is 0 Å². The number of hydrogen-bond acceptors (Lipinski definition) is 4. The summed E-state index contributed by atoms with van der Waals surface area (Å²) >= 11 is 1.71. The molecule has 0 N–H and O–H groups in total. The van der Waals surface area contributed by atoms with Crippen LogP contribution < -0.4 is 5.01 Å². The van der Waals surface area contributed by atoms with Gasteiger partial charge >= 0.3 is 0 Å². The molecule has 0 saturated heterocycles. The van der Waals surface area contributed by atoms with Gasteiger partial charge in [0.2, 0.25) is 5.13 Å². The van der Waals surface area contributed by atoms with Crippen molar-refractivity contribution in [2.24, 2.45) is 5.10 Å². The van der Waals surface area contributed by atoms with Crippen LogP contribution in [0.2, 0.25) is 0 Å². The minimum atomic E-state index is 0.170. The van der Waals surface area contributed by atoms with Crippen molar-refractivity contribution < 1.29 is 0 Å². The minimum absolute atomic E-state index is 0.170. The zero-order valence-corrected chi connectivity index (χ0v) is 15.9. The Balaban J connectivity index is 1.61. The monoisotopic (exact) mass is 369 g/mol. The summed E-state index contributed by atoms with van der Waals surface area (Å²) in [6.45, 7) is 2.12. The molecule has 0 radical (unpaired) electrons. The molecule has 0 spiro atoms. The van der Waals surface area contributed by atoms with Gasteiger partial charge in [-0.2, -0.15) is 5.10 Å². The van der Waals surface area contributed by atoms with Crippen LogP contribution in [-0.2, 0) is 0 Å². The number of aromatic nitrogens is 1. The predicted molar refractivity (Wildman–Crippen MR) is 114 cm³/mol. The molecule has 132 valence electrons. The lowest BCUT2D eigenvalue weighted by molar-refractivity contribution is 0.707. The molecular weight excluding hydrogens is 350 g/mol. The van der Waals surface area contributed by atoms with E-state index in [0.29, 0.717) is 0 Å². The molecule has 1 atom stereocenters. The number of anilines is 1. The molecule has 0 saturated carbocycles. The van der Waals surface area contributed by atoms with Crippen LogP contribution in [0.3, 0.4) is 0 Å². The van der Waals surface area contributed by atoms with Gasteiger partial charge in [0.15, 0.2) is 0 Å². The molecule has 0 amide bonds. The van der Waals surface area contributed by atoms with Crippen LogP contribution in [0, 0.1) is 6.92 Å². The van der Waals surface area contributed by atoms with Gasteiger partial charge in [-0.25, -0.2) is 9.99 Å². The zero-order chi connectivity index (χ0) is 18.2. The van der Waals surface area contributed by atoms with Gasteiger partial charge < -0.3 is 0 Å². The van der Waals surface area contributed by atoms with Crippen LogP contribution >= 0.6 is 11.3 Å². The van der Waals surface area contributed by atoms with Crippen molar-refractivity contribution in [2.45, 2.75) is 19.4 Å². The van der Waals surface area contributed by atoms with E-state index in [1.807, 2.05) is 6.07 Å². The Morgan fingerprint density at radius 1 is 0.926 bits per heavy atom. The second kappa shape index (κ2) is 6.63. The van der Waals surface area contributed by atoms with Crippen molar-refractivity contribution in [3.05, 3.63) is 95.6 Å². The lowest BCUT2D eigenvalue weighted by atomic mass is 9.99. The largest absolute Gasteiger partial charge is 0.231 e. The van der Waals surface area contributed by atoms with E-state index in [4.69, 9.17) is 10.1 Å². The second-order valence-electron chi connectivity index (χ2n) is 6.86. The van der Waals surface area contributed by atoms with Crippen molar-refractivity contribution in [1.82, 2.24) is 4.98 Å². The molecule has 1 unspecified atom stereocenters. The van der Waals surface area contributed by atoms with Crippen molar-refractivity contribution in [3.63, 3.8) is 0 Å². The van der Waals surface area contributed by atoms with E-state index in [0.717, 1.165) is 22.8 Å². The Bertz CT molecular complexity index is 1120. The molecule has 0 aliphatic carbocycles. The number of hydrogen-bond donors (Lipinski definition) is 0. The van der Waals surface area contributed by atoms with Crippen LogP contribution in [0.1, 0.15) is 29.2 Å². The molecular formula is C23H19N3S. The Morgan fingerprint density at radius 3 is 2.44 bits per heavy atom. The zero-order valence-electron chi connectivity index (χ0n) is 15.0. The molecule has 1 aliphatic heterocycles. The van der Waals surface area contributed by atoms with E-state index in [1.165, 1.54) is 21.4 Å². The number of nitrogens with zero attached hydrogens (tertiary/aromatic N) is 3. The fraction of sp³-hybridized carbons (Fsp3) is 0.130. The first-order valence-electron chi connectivity index (χ1n) is 9.12. The number of hydrazone groups is 1. The summed E-state index contributed by atoms with van der Waals surface area (Å²) in [5, 5.41) is 8.06. The topological polar surface area (TPSA) is 28.5 Å². The molecule has 3 aromatic carbocycles. The normalized spacial score (nSPS) is 16.7. The molecule has 3 nitrogen and oxygen atoms in total. The smallest absolute Gasteiger partial charge is 0.207 e. The molecule has 1 aromatic heterocycles. The van der Waals surface area contributed by atoms with Crippen molar-refractivity contribution >= 4 is 32.4 Å². The number of thiazole rings is 1. The summed E-state index contributed by atoms with van der Waals surface area (Å²) in [5.41, 5.74) is 5.85. The number of benzene rings is 3. The maximum Gasteiger partial charge on any atom is 0.207 e. The average molecular weight is 369 g/mol. The number of rotatable bonds is 3. The van der Waals surface area contributed by atoms with Gasteiger partial charge in [-0.05, 0) is 35.7 Å². The van der Waals surface area contributed by atoms with Gasteiger partial charge in [0.25, 0.3) is 0 Å². The fourth-order valence-electron chi connectivity index (χ4n) is 3.54. The molecule has 0 bridgehead atoms. The third-order valence-electron chi connectivity index (χ3n) is 4.93. The molecule has 1 aliphatic rings. The Labute approximate surface area is 162 Å². The maximum absolute atomic E-state index is 5.00.